The van der Waals surface area contributed by atoms with Gasteiger partial charge in [0, 0.05) is 30.8 Å². The Bertz CT molecular complexity index is 937. The molecule has 0 unspecified atom stereocenters. The van der Waals surface area contributed by atoms with E-state index in [0.29, 0.717) is 43.5 Å². The number of rotatable bonds is 6. The van der Waals surface area contributed by atoms with E-state index < -0.39 is 10.0 Å². The van der Waals surface area contributed by atoms with Crippen molar-refractivity contribution in [2.45, 2.75) is 51.9 Å². The smallest absolute Gasteiger partial charge is 0.243 e. The molecule has 0 aliphatic carbocycles. The summed E-state index contributed by atoms with van der Waals surface area (Å²) in [5.74, 6) is 1.29. The molecule has 2 atom stereocenters. The molecule has 7 nitrogen and oxygen atoms in total. The zero-order valence-electron chi connectivity index (χ0n) is 17.4. The first-order valence-corrected chi connectivity index (χ1v) is 11.4. The first-order valence-electron chi connectivity index (χ1n) is 9.98. The number of benzene rings is 1. The van der Waals surface area contributed by atoms with Crippen LogP contribution in [0, 0.1) is 25.7 Å². The van der Waals surface area contributed by atoms with Crippen LogP contribution in [0.4, 0.5) is 5.69 Å². The van der Waals surface area contributed by atoms with Gasteiger partial charge < -0.3 is 9.84 Å². The Morgan fingerprint density at radius 2 is 1.79 bits per heavy atom. The highest BCUT2D eigenvalue weighted by Gasteiger charge is 2.31. The van der Waals surface area contributed by atoms with Crippen molar-refractivity contribution in [3.63, 3.8) is 0 Å². The molecule has 0 spiro atoms. The lowest BCUT2D eigenvalue weighted by Crippen LogP contribution is -2.42. The van der Waals surface area contributed by atoms with Gasteiger partial charge in [0.15, 0.2) is 0 Å². The van der Waals surface area contributed by atoms with E-state index in [1.54, 1.807) is 28.6 Å². The van der Waals surface area contributed by atoms with Gasteiger partial charge in [-0.1, -0.05) is 19.0 Å². The lowest BCUT2D eigenvalue weighted by molar-refractivity contribution is -0.116. The number of carbonyl (C=O) groups excluding carboxylic acids is 1. The van der Waals surface area contributed by atoms with Crippen LogP contribution >= 0.6 is 0 Å². The minimum absolute atomic E-state index is 0.140. The number of aromatic nitrogens is 1. The number of anilines is 1. The molecule has 1 amide bonds. The van der Waals surface area contributed by atoms with Gasteiger partial charge in [-0.15, -0.1) is 0 Å². The third kappa shape index (κ3) is 5.05. The number of sulfonamides is 1. The molecule has 3 rings (SSSR count). The molecule has 1 N–H and O–H groups in total. The lowest BCUT2D eigenvalue weighted by atomic mass is 9.94. The van der Waals surface area contributed by atoms with E-state index in [1.807, 2.05) is 13.8 Å². The van der Waals surface area contributed by atoms with Gasteiger partial charge in [-0.05, 0) is 62.8 Å². The molecule has 0 bridgehead atoms. The quantitative estimate of drug-likeness (QED) is 0.773. The molecule has 2 aromatic rings. The van der Waals surface area contributed by atoms with Crippen LogP contribution in [-0.2, 0) is 21.2 Å². The molecule has 0 saturated carbocycles. The van der Waals surface area contributed by atoms with Gasteiger partial charge in [-0.2, -0.15) is 4.31 Å². The largest absolute Gasteiger partial charge is 0.361 e. The van der Waals surface area contributed by atoms with E-state index >= 15 is 0 Å². The minimum Gasteiger partial charge on any atom is -0.361 e. The maximum absolute atomic E-state index is 12.9. The van der Waals surface area contributed by atoms with Gasteiger partial charge in [0.25, 0.3) is 0 Å². The molecule has 1 saturated heterocycles. The van der Waals surface area contributed by atoms with Crippen LogP contribution in [0.5, 0.6) is 0 Å². The first-order chi connectivity index (χ1) is 13.7. The summed E-state index contributed by atoms with van der Waals surface area (Å²) >= 11 is 0. The van der Waals surface area contributed by atoms with Crippen molar-refractivity contribution in [1.29, 1.82) is 0 Å². The third-order valence-electron chi connectivity index (χ3n) is 5.39. The molecule has 2 heterocycles. The monoisotopic (exact) mass is 419 g/mol. The number of carbonyl (C=O) groups is 1. The predicted octanol–water partition coefficient (Wildman–Crippen LogP) is 3.53. The lowest BCUT2D eigenvalue weighted by Gasteiger charge is -2.34. The van der Waals surface area contributed by atoms with Gasteiger partial charge in [-0.25, -0.2) is 8.42 Å². The fourth-order valence-electron chi connectivity index (χ4n) is 3.98. The Morgan fingerprint density at radius 3 is 2.34 bits per heavy atom. The van der Waals surface area contributed by atoms with Crippen LogP contribution in [0.25, 0.3) is 0 Å². The van der Waals surface area contributed by atoms with Crippen LogP contribution in [0.1, 0.15) is 43.7 Å². The first kappa shape index (κ1) is 21.5. The number of hydrogen-bond donors (Lipinski definition) is 1. The summed E-state index contributed by atoms with van der Waals surface area (Å²) in [5, 5.41) is 6.71. The van der Waals surface area contributed by atoms with Crippen molar-refractivity contribution < 1.29 is 17.7 Å². The van der Waals surface area contributed by atoms with Crippen LogP contribution in [0.15, 0.2) is 33.7 Å². The van der Waals surface area contributed by atoms with E-state index in [-0.39, 0.29) is 10.8 Å². The van der Waals surface area contributed by atoms with Gasteiger partial charge in [0.2, 0.25) is 15.9 Å². The van der Waals surface area contributed by atoms with Crippen LogP contribution in [0.3, 0.4) is 0 Å². The summed E-state index contributed by atoms with van der Waals surface area (Å²) in [6.07, 6.45) is 1.89. The minimum atomic E-state index is -3.52. The molecule has 1 aromatic carbocycles. The number of amides is 1. The Morgan fingerprint density at radius 1 is 1.17 bits per heavy atom. The van der Waals surface area contributed by atoms with E-state index in [0.717, 1.165) is 23.4 Å². The third-order valence-corrected chi connectivity index (χ3v) is 7.24. The highest BCUT2D eigenvalue weighted by atomic mass is 32.2. The summed E-state index contributed by atoms with van der Waals surface area (Å²) < 4.78 is 32.6. The number of nitrogens with one attached hydrogen (secondary N) is 1. The Balaban J connectivity index is 1.61. The number of piperidine rings is 1. The fraction of sp³-hybridized carbons (Fsp3) is 0.524. The van der Waals surface area contributed by atoms with Crippen LogP contribution in [-0.4, -0.2) is 36.9 Å². The van der Waals surface area contributed by atoms with Crippen molar-refractivity contribution in [3.05, 3.63) is 41.3 Å². The van der Waals surface area contributed by atoms with Gasteiger partial charge in [-0.3, -0.25) is 4.79 Å². The molecular formula is C21H29N3O4S. The van der Waals surface area contributed by atoms with Crippen molar-refractivity contribution in [1.82, 2.24) is 9.46 Å². The molecule has 0 radical (unpaired) electrons. The summed E-state index contributed by atoms with van der Waals surface area (Å²) in [5.41, 5.74) is 2.32. The van der Waals surface area contributed by atoms with Crippen LogP contribution in [0.2, 0.25) is 0 Å². The molecule has 1 aliphatic rings. The topological polar surface area (TPSA) is 92.5 Å². The summed E-state index contributed by atoms with van der Waals surface area (Å²) in [7, 11) is -3.52. The molecule has 158 valence electrons. The summed E-state index contributed by atoms with van der Waals surface area (Å²) in [6, 6.07) is 6.39. The maximum Gasteiger partial charge on any atom is 0.243 e. The molecule has 1 aromatic heterocycles. The second-order valence-corrected chi connectivity index (χ2v) is 10.1. The zero-order valence-corrected chi connectivity index (χ0v) is 18.3. The summed E-state index contributed by atoms with van der Waals surface area (Å²) in [6.45, 7) is 8.95. The Hall–Kier alpha value is -2.19. The number of nitrogens with zero attached hydrogens (tertiary/aromatic N) is 2. The predicted molar refractivity (Wildman–Crippen MR) is 111 cm³/mol. The van der Waals surface area contributed by atoms with Crippen molar-refractivity contribution >= 4 is 21.6 Å². The fourth-order valence-corrected chi connectivity index (χ4v) is 5.66. The Kier molecular flexibility index (Phi) is 6.43. The number of hydrogen-bond acceptors (Lipinski definition) is 5. The van der Waals surface area contributed by atoms with Crippen LogP contribution < -0.4 is 5.32 Å². The standard InChI is InChI=1S/C21H29N3O4S/c1-14-11-15(2)13-24(12-14)29(26,27)19-7-5-18(6-8-19)22-21(25)10-9-20-16(3)23-28-17(20)4/h5-8,14-15H,9-13H2,1-4H3,(H,22,25)/t14-,15-/m0/s1. The highest BCUT2D eigenvalue weighted by molar-refractivity contribution is 7.89. The van der Waals surface area contributed by atoms with Gasteiger partial charge in [0.1, 0.15) is 5.76 Å². The van der Waals surface area contributed by atoms with Gasteiger partial charge >= 0.3 is 0 Å². The van der Waals surface area contributed by atoms with Crippen molar-refractivity contribution in [2.24, 2.45) is 11.8 Å². The molecular weight excluding hydrogens is 390 g/mol. The number of aryl methyl sites for hydroxylation is 2. The summed E-state index contributed by atoms with van der Waals surface area (Å²) in [4.78, 5) is 12.5. The van der Waals surface area contributed by atoms with E-state index in [2.05, 4.69) is 24.3 Å². The highest BCUT2D eigenvalue weighted by Crippen LogP contribution is 2.27. The average molecular weight is 420 g/mol. The zero-order chi connectivity index (χ0) is 21.2. The van der Waals surface area contributed by atoms with E-state index in [9.17, 15) is 13.2 Å². The van der Waals surface area contributed by atoms with Gasteiger partial charge in [0.05, 0.1) is 10.6 Å². The molecule has 29 heavy (non-hydrogen) atoms. The van der Waals surface area contributed by atoms with E-state index in [4.69, 9.17) is 4.52 Å². The van der Waals surface area contributed by atoms with Crippen molar-refractivity contribution in [3.8, 4) is 0 Å². The SMILES string of the molecule is Cc1noc(C)c1CCC(=O)Nc1ccc(S(=O)(=O)N2C[C@@H](C)C[C@H](C)C2)cc1. The molecule has 1 fully saturated rings. The second-order valence-electron chi connectivity index (χ2n) is 8.14. The average Bonchev–Trinajstić information content (AvgIpc) is 2.97. The molecule has 8 heteroatoms. The molecule has 1 aliphatic heterocycles. The second kappa shape index (κ2) is 8.67. The van der Waals surface area contributed by atoms with E-state index in [1.165, 1.54) is 0 Å². The maximum atomic E-state index is 12.9. The normalized spacial score (nSPS) is 20.6. The Labute approximate surface area is 172 Å². The van der Waals surface area contributed by atoms with Crippen molar-refractivity contribution in [2.75, 3.05) is 18.4 Å².